The minimum Gasteiger partial charge on any atom is -0.361 e. The predicted molar refractivity (Wildman–Crippen MR) is 109 cm³/mol. The van der Waals surface area contributed by atoms with Crippen LogP contribution in [0.3, 0.4) is 0 Å². The first-order valence-electron chi connectivity index (χ1n) is 7.94. The van der Waals surface area contributed by atoms with Gasteiger partial charge in [-0.25, -0.2) is 4.39 Å². The quantitative estimate of drug-likeness (QED) is 0.304. The molecule has 8 heteroatoms. The summed E-state index contributed by atoms with van der Waals surface area (Å²) >= 11 is 0. The molecule has 0 atom stereocenters. The highest BCUT2D eigenvalue weighted by atomic mass is 127. The first-order valence-corrected chi connectivity index (χ1v) is 7.94. The monoisotopic (exact) mass is 456 g/mol. The van der Waals surface area contributed by atoms with Gasteiger partial charge in [-0.05, 0) is 36.2 Å². The number of hydrogen-bond acceptors (Lipinski definition) is 2. The van der Waals surface area contributed by atoms with Gasteiger partial charge in [0.2, 0.25) is 0 Å². The Hall–Kier alpha value is -2.10. The number of guanidine groups is 1. The van der Waals surface area contributed by atoms with E-state index >= 15 is 0 Å². The normalized spacial score (nSPS) is 11.4. The molecule has 3 aromatic rings. The summed E-state index contributed by atoms with van der Waals surface area (Å²) in [7, 11) is 1.75. The van der Waals surface area contributed by atoms with Gasteiger partial charge in [-0.15, -0.1) is 24.0 Å². The molecule has 0 saturated carbocycles. The topological polar surface area (TPSA) is 70.0 Å². The fourth-order valence-corrected chi connectivity index (χ4v) is 2.62. The molecule has 3 N–H and O–H groups in total. The molecule has 0 bridgehead atoms. The Morgan fingerprint density at radius 3 is 2.92 bits per heavy atom. The SMILES string of the molecule is CN=C(NCCc1c[nH]c2cc(F)ccc12)NCCn1cccn1.I. The average molecular weight is 456 g/mol. The number of H-pyrrole nitrogens is 1. The number of rotatable bonds is 6. The molecule has 0 radical (unpaired) electrons. The van der Waals surface area contributed by atoms with Crippen LogP contribution in [0.25, 0.3) is 10.9 Å². The highest BCUT2D eigenvalue weighted by Crippen LogP contribution is 2.19. The number of nitrogens with one attached hydrogen (secondary N) is 3. The van der Waals surface area contributed by atoms with Crippen molar-refractivity contribution in [1.82, 2.24) is 25.4 Å². The average Bonchev–Trinajstić information content (AvgIpc) is 3.23. The molecule has 2 heterocycles. The molecular weight excluding hydrogens is 434 g/mol. The Morgan fingerprint density at radius 2 is 2.16 bits per heavy atom. The van der Waals surface area contributed by atoms with E-state index in [1.54, 1.807) is 13.2 Å². The number of halogens is 2. The van der Waals surface area contributed by atoms with Crippen LogP contribution in [-0.2, 0) is 13.0 Å². The molecule has 0 aliphatic heterocycles. The summed E-state index contributed by atoms with van der Waals surface area (Å²) in [6.45, 7) is 2.27. The van der Waals surface area contributed by atoms with Crippen molar-refractivity contribution in [2.24, 2.45) is 4.99 Å². The Bertz CT molecular complexity index is 812. The van der Waals surface area contributed by atoms with Gasteiger partial charge in [-0.1, -0.05) is 0 Å². The number of aromatic amines is 1. The zero-order chi connectivity index (χ0) is 16.8. The molecular formula is C17H22FIN6. The van der Waals surface area contributed by atoms with Gasteiger partial charge in [0.1, 0.15) is 5.82 Å². The summed E-state index contributed by atoms with van der Waals surface area (Å²) in [6, 6.07) is 6.72. The maximum Gasteiger partial charge on any atom is 0.191 e. The smallest absolute Gasteiger partial charge is 0.191 e. The second-order valence-corrected chi connectivity index (χ2v) is 5.45. The van der Waals surface area contributed by atoms with Crippen molar-refractivity contribution in [1.29, 1.82) is 0 Å². The van der Waals surface area contributed by atoms with Gasteiger partial charge in [-0.2, -0.15) is 5.10 Å². The van der Waals surface area contributed by atoms with Gasteiger partial charge in [0.25, 0.3) is 0 Å². The molecule has 0 fully saturated rings. The van der Waals surface area contributed by atoms with Crippen molar-refractivity contribution >= 4 is 40.8 Å². The minimum atomic E-state index is -0.226. The van der Waals surface area contributed by atoms with E-state index in [4.69, 9.17) is 0 Å². The number of hydrogen-bond donors (Lipinski definition) is 3. The molecule has 2 aromatic heterocycles. The number of benzene rings is 1. The van der Waals surface area contributed by atoms with Gasteiger partial charge in [0, 0.05) is 49.6 Å². The summed E-state index contributed by atoms with van der Waals surface area (Å²) in [6.07, 6.45) is 6.45. The van der Waals surface area contributed by atoms with Gasteiger partial charge >= 0.3 is 0 Å². The van der Waals surface area contributed by atoms with Crippen molar-refractivity contribution in [2.75, 3.05) is 20.1 Å². The lowest BCUT2D eigenvalue weighted by atomic mass is 10.1. The summed E-state index contributed by atoms with van der Waals surface area (Å²) in [5.74, 6) is 0.531. The fraction of sp³-hybridized carbons (Fsp3) is 0.294. The zero-order valence-corrected chi connectivity index (χ0v) is 16.3. The molecule has 25 heavy (non-hydrogen) atoms. The Labute approximate surface area is 162 Å². The van der Waals surface area contributed by atoms with E-state index < -0.39 is 0 Å². The summed E-state index contributed by atoms with van der Waals surface area (Å²) < 4.78 is 15.1. The lowest BCUT2D eigenvalue weighted by Crippen LogP contribution is -2.39. The third-order valence-corrected chi connectivity index (χ3v) is 3.83. The third kappa shape index (κ3) is 5.18. The molecule has 1 aromatic carbocycles. The second-order valence-electron chi connectivity index (χ2n) is 5.45. The van der Waals surface area contributed by atoms with E-state index in [0.29, 0.717) is 0 Å². The largest absolute Gasteiger partial charge is 0.361 e. The van der Waals surface area contributed by atoms with Crippen LogP contribution < -0.4 is 10.6 Å². The van der Waals surface area contributed by atoms with Crippen molar-refractivity contribution in [3.63, 3.8) is 0 Å². The predicted octanol–water partition coefficient (Wildman–Crippen LogP) is 2.53. The van der Waals surface area contributed by atoms with Crippen molar-refractivity contribution in [3.8, 4) is 0 Å². The van der Waals surface area contributed by atoms with Gasteiger partial charge < -0.3 is 15.6 Å². The van der Waals surface area contributed by atoms with Crippen LogP contribution in [0.1, 0.15) is 5.56 Å². The van der Waals surface area contributed by atoms with E-state index in [-0.39, 0.29) is 29.8 Å². The molecule has 0 aliphatic rings. The van der Waals surface area contributed by atoms with Gasteiger partial charge in [-0.3, -0.25) is 9.67 Å². The summed E-state index contributed by atoms with van der Waals surface area (Å²) in [4.78, 5) is 7.31. The fourth-order valence-electron chi connectivity index (χ4n) is 2.62. The van der Waals surface area contributed by atoms with Crippen LogP contribution in [-0.4, -0.2) is 40.9 Å². The van der Waals surface area contributed by atoms with Crippen LogP contribution in [0.5, 0.6) is 0 Å². The summed E-state index contributed by atoms with van der Waals surface area (Å²) in [5, 5.41) is 11.7. The molecule has 134 valence electrons. The Morgan fingerprint density at radius 1 is 1.32 bits per heavy atom. The van der Waals surface area contributed by atoms with Crippen molar-refractivity contribution in [2.45, 2.75) is 13.0 Å². The van der Waals surface area contributed by atoms with Gasteiger partial charge in [0.05, 0.1) is 6.54 Å². The second kappa shape index (κ2) is 9.40. The van der Waals surface area contributed by atoms with Crippen LogP contribution in [0, 0.1) is 5.82 Å². The van der Waals surface area contributed by atoms with Crippen LogP contribution in [0.4, 0.5) is 4.39 Å². The Kier molecular flexibility index (Phi) is 7.23. The summed E-state index contributed by atoms with van der Waals surface area (Å²) in [5.41, 5.74) is 1.98. The third-order valence-electron chi connectivity index (χ3n) is 3.83. The lowest BCUT2D eigenvalue weighted by molar-refractivity contribution is 0.598. The minimum absolute atomic E-state index is 0. The van der Waals surface area contributed by atoms with E-state index in [1.165, 1.54) is 12.1 Å². The lowest BCUT2D eigenvalue weighted by Gasteiger charge is -2.11. The highest BCUT2D eigenvalue weighted by Gasteiger charge is 2.05. The molecule has 0 amide bonds. The number of aromatic nitrogens is 3. The number of aliphatic imine (C=N–C) groups is 1. The van der Waals surface area contributed by atoms with Crippen molar-refractivity contribution in [3.05, 3.63) is 54.2 Å². The maximum atomic E-state index is 13.2. The van der Waals surface area contributed by atoms with Gasteiger partial charge in [0.15, 0.2) is 5.96 Å². The van der Waals surface area contributed by atoms with E-state index in [2.05, 4.69) is 25.7 Å². The molecule has 0 unspecified atom stereocenters. The van der Waals surface area contributed by atoms with Crippen LogP contribution in [0.15, 0.2) is 47.8 Å². The van der Waals surface area contributed by atoms with Crippen molar-refractivity contribution < 1.29 is 4.39 Å². The molecule has 0 aliphatic carbocycles. The number of fused-ring (bicyclic) bond motifs is 1. The first-order chi connectivity index (χ1) is 11.8. The molecule has 6 nitrogen and oxygen atoms in total. The molecule has 0 spiro atoms. The van der Waals surface area contributed by atoms with E-state index in [1.807, 2.05) is 29.2 Å². The molecule has 3 rings (SSSR count). The van der Waals surface area contributed by atoms with Crippen LogP contribution in [0.2, 0.25) is 0 Å². The first kappa shape index (κ1) is 19.2. The van der Waals surface area contributed by atoms with E-state index in [0.717, 1.165) is 48.5 Å². The number of nitrogens with zero attached hydrogens (tertiary/aromatic N) is 3. The van der Waals surface area contributed by atoms with E-state index in [9.17, 15) is 4.39 Å². The Balaban J connectivity index is 0.00000225. The highest BCUT2D eigenvalue weighted by molar-refractivity contribution is 14.0. The zero-order valence-electron chi connectivity index (χ0n) is 14.0. The standard InChI is InChI=1S/C17H21FN6.HI/c1-19-17(21-8-10-24-9-2-6-23-24)20-7-5-13-12-22-16-11-14(18)3-4-15(13)16;/h2-4,6,9,11-12,22H,5,7-8,10H2,1H3,(H2,19,20,21);1H. The molecule has 0 saturated heterocycles. The maximum absolute atomic E-state index is 13.2. The van der Waals surface area contributed by atoms with Crippen LogP contribution >= 0.6 is 24.0 Å².